The number of amides is 1. The van der Waals surface area contributed by atoms with Gasteiger partial charge in [-0.05, 0) is 56.2 Å². The smallest absolute Gasteiger partial charge is 0.410 e. The fourth-order valence-corrected chi connectivity index (χ4v) is 3.31. The van der Waals surface area contributed by atoms with Gasteiger partial charge in [0, 0.05) is 0 Å². The molecule has 1 heterocycles. The summed E-state index contributed by atoms with van der Waals surface area (Å²) in [4.78, 5) is 30.6. The van der Waals surface area contributed by atoms with Crippen molar-refractivity contribution in [1.29, 1.82) is 0 Å². The number of esters is 1. The molecule has 6 nitrogen and oxygen atoms in total. The van der Waals surface area contributed by atoms with Crippen molar-refractivity contribution >= 4 is 29.4 Å². The maximum absolute atomic E-state index is 12.7. The Kier molecular flexibility index (Phi) is 6.65. The molecule has 0 bridgehead atoms. The second-order valence-corrected chi connectivity index (χ2v) is 8.24. The molecule has 1 aliphatic rings. The van der Waals surface area contributed by atoms with Gasteiger partial charge in [0.2, 0.25) is 0 Å². The average molecular weight is 425 g/mol. The molecule has 3 rings (SSSR count). The van der Waals surface area contributed by atoms with Crippen molar-refractivity contribution in [3.63, 3.8) is 0 Å². The Hall–Kier alpha value is -3.02. The van der Waals surface area contributed by atoms with E-state index in [0.717, 1.165) is 11.1 Å². The van der Waals surface area contributed by atoms with Crippen molar-refractivity contribution in [2.24, 2.45) is 4.99 Å². The summed E-state index contributed by atoms with van der Waals surface area (Å²) in [5.74, 6) is -0.477. The third-order valence-electron chi connectivity index (χ3n) is 4.59. The summed E-state index contributed by atoms with van der Waals surface area (Å²) in [5, 5.41) is 2.32. The van der Waals surface area contributed by atoms with Gasteiger partial charge in [0.15, 0.2) is 0 Å². The molecule has 0 aromatic heterocycles. The molecule has 0 spiro atoms. The van der Waals surface area contributed by atoms with Crippen LogP contribution in [0.2, 0.25) is 0 Å². The second kappa shape index (κ2) is 9.20. The number of benzene rings is 2. The van der Waals surface area contributed by atoms with Gasteiger partial charge in [-0.25, -0.2) is 14.6 Å². The highest BCUT2D eigenvalue weighted by Gasteiger charge is 2.39. The number of hydrogen-bond donors (Lipinski definition) is 0. The molecule has 0 radical (unpaired) electrons. The molecule has 30 heavy (non-hydrogen) atoms. The van der Waals surface area contributed by atoms with Gasteiger partial charge in [-0.3, -0.25) is 0 Å². The summed E-state index contributed by atoms with van der Waals surface area (Å²) in [6.07, 6.45) is -1.09. The number of likely N-dealkylation sites (tertiary alicyclic amines) is 1. The van der Waals surface area contributed by atoms with Gasteiger partial charge in [-0.15, -0.1) is 0 Å². The van der Waals surface area contributed by atoms with E-state index in [4.69, 9.17) is 21.7 Å². The number of rotatable bonds is 4. The highest BCUT2D eigenvalue weighted by atomic mass is 32.1. The largest absolute Gasteiger partial charge is 0.454 e. The molecule has 1 saturated heterocycles. The zero-order chi connectivity index (χ0) is 21.7. The zero-order valence-corrected chi connectivity index (χ0v) is 18.0. The molecular weight excluding hydrogens is 400 g/mol. The van der Waals surface area contributed by atoms with Gasteiger partial charge in [0.25, 0.3) is 0 Å². The van der Waals surface area contributed by atoms with Gasteiger partial charge in [-0.1, -0.05) is 42.5 Å². The molecular formula is C23H24N2O4S. The summed E-state index contributed by atoms with van der Waals surface area (Å²) < 4.78 is 11.0. The van der Waals surface area contributed by atoms with E-state index in [-0.39, 0.29) is 13.1 Å². The Labute approximate surface area is 181 Å². The Morgan fingerprint density at radius 3 is 2.27 bits per heavy atom. The van der Waals surface area contributed by atoms with Gasteiger partial charge in [-0.2, -0.15) is 0 Å². The molecule has 156 valence electrons. The van der Waals surface area contributed by atoms with Gasteiger partial charge in [0.1, 0.15) is 17.7 Å². The van der Waals surface area contributed by atoms with Crippen LogP contribution < -0.4 is 0 Å². The number of carbonyl (C=O) groups excluding carboxylic acids is 2. The molecule has 7 heteroatoms. The molecule has 1 amide bonds. The minimum absolute atomic E-state index is 0.188. The monoisotopic (exact) mass is 424 g/mol. The summed E-state index contributed by atoms with van der Waals surface area (Å²) in [6.45, 7) is 5.83. The van der Waals surface area contributed by atoms with E-state index >= 15 is 0 Å². The third-order valence-corrected chi connectivity index (χ3v) is 4.70. The third kappa shape index (κ3) is 5.53. The molecule has 0 aliphatic carbocycles. The van der Waals surface area contributed by atoms with Gasteiger partial charge < -0.3 is 14.4 Å². The van der Waals surface area contributed by atoms with Crippen LogP contribution in [0.3, 0.4) is 0 Å². The van der Waals surface area contributed by atoms with E-state index < -0.39 is 29.8 Å². The Bertz CT molecular complexity index is 947. The van der Waals surface area contributed by atoms with Crippen molar-refractivity contribution < 1.29 is 19.1 Å². The Morgan fingerprint density at radius 1 is 1.03 bits per heavy atom. The highest BCUT2D eigenvalue weighted by Crippen LogP contribution is 2.23. The van der Waals surface area contributed by atoms with E-state index in [2.05, 4.69) is 10.2 Å². The van der Waals surface area contributed by atoms with Crippen LogP contribution in [0.15, 0.2) is 59.6 Å². The maximum Gasteiger partial charge on any atom is 0.410 e. The first-order valence-corrected chi connectivity index (χ1v) is 10.1. The van der Waals surface area contributed by atoms with Crippen LogP contribution in [0.25, 0.3) is 11.1 Å². The summed E-state index contributed by atoms with van der Waals surface area (Å²) in [7, 11) is 0. The summed E-state index contributed by atoms with van der Waals surface area (Å²) in [6, 6.07) is 16.6. The molecule has 1 fully saturated rings. The average Bonchev–Trinajstić information content (AvgIpc) is 3.10. The van der Waals surface area contributed by atoms with Crippen LogP contribution >= 0.6 is 12.2 Å². The van der Waals surface area contributed by atoms with Crippen LogP contribution in [-0.2, 0) is 9.47 Å². The molecule has 2 aromatic rings. The summed E-state index contributed by atoms with van der Waals surface area (Å²) >= 11 is 4.71. The van der Waals surface area contributed by atoms with Crippen molar-refractivity contribution in [1.82, 2.24) is 4.90 Å². The fourth-order valence-electron chi connectivity index (χ4n) is 3.17. The van der Waals surface area contributed by atoms with Crippen LogP contribution in [0.1, 0.15) is 31.1 Å². The van der Waals surface area contributed by atoms with Crippen LogP contribution in [-0.4, -0.2) is 53.0 Å². The highest BCUT2D eigenvalue weighted by molar-refractivity contribution is 7.78. The lowest BCUT2D eigenvalue weighted by molar-refractivity contribution is 0.0185. The predicted octanol–water partition coefficient (Wildman–Crippen LogP) is 4.60. The number of carbonyl (C=O) groups is 2. The summed E-state index contributed by atoms with van der Waals surface area (Å²) in [5.41, 5.74) is 1.88. The topological polar surface area (TPSA) is 68.2 Å². The minimum atomic E-state index is -0.616. The minimum Gasteiger partial charge on any atom is -0.454 e. The van der Waals surface area contributed by atoms with Crippen LogP contribution in [0.4, 0.5) is 4.79 Å². The van der Waals surface area contributed by atoms with E-state index in [1.165, 1.54) is 4.90 Å². The fraction of sp³-hybridized carbons (Fsp3) is 0.348. The lowest BCUT2D eigenvalue weighted by atomic mass is 10.0. The molecule has 2 atom stereocenters. The molecule has 0 unspecified atom stereocenters. The second-order valence-electron chi connectivity index (χ2n) is 8.06. The lowest BCUT2D eigenvalue weighted by Crippen LogP contribution is -2.36. The predicted molar refractivity (Wildman–Crippen MR) is 118 cm³/mol. The standard InChI is InChI=1S/C23H24N2O4S/c1-23(2,3)29-22(27)25-13-19(24-15-30)20(14-25)28-21(26)18-11-9-17(10-12-18)16-7-5-4-6-8-16/h4-12,19-20H,13-14H2,1-3H3/t19-,20-/m0/s1. The van der Waals surface area contributed by atoms with Gasteiger partial charge in [0.05, 0.1) is 23.8 Å². The lowest BCUT2D eigenvalue weighted by Gasteiger charge is -2.24. The zero-order valence-electron chi connectivity index (χ0n) is 17.2. The maximum atomic E-state index is 12.7. The first kappa shape index (κ1) is 21.7. The number of hydrogen-bond acceptors (Lipinski definition) is 6. The normalized spacial score (nSPS) is 18.4. The number of nitrogens with zero attached hydrogens (tertiary/aromatic N) is 2. The number of thiocarbonyl (C=S) groups is 1. The van der Waals surface area contributed by atoms with E-state index in [9.17, 15) is 9.59 Å². The van der Waals surface area contributed by atoms with Crippen molar-refractivity contribution in [3.05, 3.63) is 60.2 Å². The first-order valence-electron chi connectivity index (χ1n) is 9.68. The number of aliphatic imine (C=N–C) groups is 1. The number of isothiocyanates is 1. The van der Waals surface area contributed by atoms with Crippen LogP contribution in [0.5, 0.6) is 0 Å². The van der Waals surface area contributed by atoms with Crippen LogP contribution in [0, 0.1) is 0 Å². The van der Waals surface area contributed by atoms with E-state index in [0.29, 0.717) is 5.56 Å². The Balaban J connectivity index is 1.68. The molecule has 0 saturated carbocycles. The molecule has 2 aromatic carbocycles. The van der Waals surface area contributed by atoms with E-state index in [1.807, 2.05) is 42.5 Å². The molecule has 1 aliphatic heterocycles. The van der Waals surface area contributed by atoms with Crippen molar-refractivity contribution in [3.8, 4) is 11.1 Å². The quantitative estimate of drug-likeness (QED) is 0.408. The van der Waals surface area contributed by atoms with Gasteiger partial charge >= 0.3 is 12.1 Å². The van der Waals surface area contributed by atoms with Crippen molar-refractivity contribution in [2.75, 3.05) is 13.1 Å². The van der Waals surface area contributed by atoms with Crippen molar-refractivity contribution in [2.45, 2.75) is 38.5 Å². The Morgan fingerprint density at radius 2 is 1.67 bits per heavy atom. The first-order chi connectivity index (χ1) is 14.3. The molecule has 0 N–H and O–H groups in total. The number of ether oxygens (including phenoxy) is 2. The SMILES string of the molecule is CC(C)(C)OC(=O)N1C[C@H](N=C=S)[C@@H](OC(=O)c2ccc(-c3ccccc3)cc2)C1. The van der Waals surface area contributed by atoms with E-state index in [1.54, 1.807) is 32.9 Å².